The van der Waals surface area contributed by atoms with Gasteiger partial charge in [0.1, 0.15) is 0 Å². The van der Waals surface area contributed by atoms with Crippen molar-refractivity contribution in [1.29, 1.82) is 0 Å². The first kappa shape index (κ1) is 9.67. The number of nitrogens with one attached hydrogen (secondary N) is 2. The molecule has 0 aliphatic carbocycles. The third-order valence-electron chi connectivity index (χ3n) is 1.67. The lowest BCUT2D eigenvalue weighted by Gasteiger charge is -2.16. The van der Waals surface area contributed by atoms with E-state index in [9.17, 15) is 0 Å². The van der Waals surface area contributed by atoms with Crippen LogP contribution < -0.4 is 16.6 Å². The average molecular weight is 230 g/mol. The third kappa shape index (κ3) is 2.04. The van der Waals surface area contributed by atoms with Gasteiger partial charge in [-0.25, -0.2) is 5.43 Å². The minimum atomic E-state index is -0.0134. The fourth-order valence-corrected chi connectivity index (χ4v) is 1.55. The van der Waals surface area contributed by atoms with E-state index in [1.807, 2.05) is 31.3 Å². The van der Waals surface area contributed by atoms with Crippen molar-refractivity contribution >= 4 is 15.9 Å². The zero-order chi connectivity index (χ0) is 8.97. The fraction of sp³-hybridized carbons (Fsp3) is 0.250. The smallest absolute Gasteiger partial charge is 0.0969 e. The third-order valence-corrected chi connectivity index (χ3v) is 2.39. The molecule has 0 aromatic heterocycles. The van der Waals surface area contributed by atoms with Crippen molar-refractivity contribution in [3.63, 3.8) is 0 Å². The lowest BCUT2D eigenvalue weighted by molar-refractivity contribution is 0.487. The van der Waals surface area contributed by atoms with Gasteiger partial charge in [0.25, 0.3) is 0 Å². The van der Waals surface area contributed by atoms with E-state index >= 15 is 0 Å². The molecule has 0 aliphatic heterocycles. The predicted octanol–water partition coefficient (Wildman–Crippen LogP) is 1.13. The Labute approximate surface area is 80.4 Å². The minimum Gasteiger partial charge on any atom is -0.300 e. The summed E-state index contributed by atoms with van der Waals surface area (Å²) in [5, 5.41) is 3.04. The highest BCUT2D eigenvalue weighted by Gasteiger charge is 2.08. The maximum Gasteiger partial charge on any atom is 0.0969 e. The highest BCUT2D eigenvalue weighted by atomic mass is 79.9. The quantitative estimate of drug-likeness (QED) is 0.414. The van der Waals surface area contributed by atoms with Gasteiger partial charge in [0, 0.05) is 4.47 Å². The second kappa shape index (κ2) is 4.57. The van der Waals surface area contributed by atoms with Crippen molar-refractivity contribution in [3.05, 3.63) is 34.3 Å². The Bertz CT molecular complexity index is 248. The Morgan fingerprint density at radius 1 is 1.42 bits per heavy atom. The van der Waals surface area contributed by atoms with Crippen LogP contribution in [0.3, 0.4) is 0 Å². The van der Waals surface area contributed by atoms with Gasteiger partial charge in [-0.15, -0.1) is 0 Å². The molecule has 1 atom stereocenters. The molecule has 0 fully saturated rings. The summed E-state index contributed by atoms with van der Waals surface area (Å²) in [5.74, 6) is 5.35. The molecule has 0 radical (unpaired) electrons. The number of rotatable bonds is 3. The van der Waals surface area contributed by atoms with E-state index in [0.29, 0.717) is 0 Å². The molecule has 0 saturated carbocycles. The zero-order valence-corrected chi connectivity index (χ0v) is 8.43. The summed E-state index contributed by atoms with van der Waals surface area (Å²) < 4.78 is 1.04. The van der Waals surface area contributed by atoms with Gasteiger partial charge in [0.2, 0.25) is 0 Å². The Hall–Kier alpha value is -0.420. The van der Waals surface area contributed by atoms with E-state index in [0.717, 1.165) is 10.0 Å². The number of hydrogen-bond acceptors (Lipinski definition) is 3. The molecule has 12 heavy (non-hydrogen) atoms. The summed E-state index contributed by atoms with van der Waals surface area (Å²) in [6.07, 6.45) is -0.0134. The van der Waals surface area contributed by atoms with Crippen LogP contribution in [-0.4, -0.2) is 7.05 Å². The topological polar surface area (TPSA) is 50.1 Å². The lowest BCUT2D eigenvalue weighted by atomic mass is 10.2. The molecular formula is C8H12BrN3. The van der Waals surface area contributed by atoms with E-state index in [4.69, 9.17) is 5.84 Å². The number of halogens is 1. The van der Waals surface area contributed by atoms with Crippen molar-refractivity contribution in [1.82, 2.24) is 10.7 Å². The normalized spacial score (nSPS) is 12.9. The average Bonchev–Trinajstić information content (AvgIpc) is 2.10. The highest BCUT2D eigenvalue weighted by Crippen LogP contribution is 2.20. The Balaban J connectivity index is 2.92. The van der Waals surface area contributed by atoms with E-state index in [1.165, 1.54) is 0 Å². The second-order valence-electron chi connectivity index (χ2n) is 2.41. The first-order valence-corrected chi connectivity index (χ1v) is 4.46. The standard InChI is InChI=1S/C8H12BrN3/c1-11-8(12-10)6-4-2-3-5-7(6)9/h2-5,8,11-12H,10H2,1H3. The molecule has 0 amide bonds. The monoisotopic (exact) mass is 229 g/mol. The Kier molecular flexibility index (Phi) is 3.68. The molecule has 0 spiro atoms. The first-order valence-electron chi connectivity index (χ1n) is 3.67. The van der Waals surface area contributed by atoms with Gasteiger partial charge in [0.05, 0.1) is 6.17 Å². The van der Waals surface area contributed by atoms with Crippen LogP contribution in [0.25, 0.3) is 0 Å². The molecule has 1 aromatic carbocycles. The van der Waals surface area contributed by atoms with Crippen molar-refractivity contribution in [2.45, 2.75) is 6.17 Å². The Morgan fingerprint density at radius 3 is 2.58 bits per heavy atom. The van der Waals surface area contributed by atoms with Crippen LogP contribution in [0.15, 0.2) is 28.7 Å². The van der Waals surface area contributed by atoms with Crippen LogP contribution >= 0.6 is 15.9 Å². The van der Waals surface area contributed by atoms with Crippen LogP contribution in [0.5, 0.6) is 0 Å². The van der Waals surface area contributed by atoms with Crippen LogP contribution in [0.1, 0.15) is 11.7 Å². The van der Waals surface area contributed by atoms with E-state index < -0.39 is 0 Å². The van der Waals surface area contributed by atoms with Gasteiger partial charge in [-0.2, -0.15) is 0 Å². The fourth-order valence-electron chi connectivity index (χ4n) is 1.04. The molecule has 4 heteroatoms. The SMILES string of the molecule is CNC(NN)c1ccccc1Br. The van der Waals surface area contributed by atoms with Gasteiger partial charge >= 0.3 is 0 Å². The largest absolute Gasteiger partial charge is 0.300 e. The van der Waals surface area contributed by atoms with Gasteiger partial charge in [-0.1, -0.05) is 34.1 Å². The summed E-state index contributed by atoms with van der Waals surface area (Å²) in [7, 11) is 1.85. The van der Waals surface area contributed by atoms with Crippen molar-refractivity contribution in [2.24, 2.45) is 5.84 Å². The first-order chi connectivity index (χ1) is 5.79. The summed E-state index contributed by atoms with van der Waals surface area (Å²) in [6, 6.07) is 7.93. The summed E-state index contributed by atoms with van der Waals surface area (Å²) in [5.41, 5.74) is 3.77. The highest BCUT2D eigenvalue weighted by molar-refractivity contribution is 9.10. The molecule has 3 nitrogen and oxygen atoms in total. The van der Waals surface area contributed by atoms with Gasteiger partial charge in [-0.3, -0.25) is 5.84 Å². The van der Waals surface area contributed by atoms with Crippen LogP contribution in [0.4, 0.5) is 0 Å². The molecule has 0 saturated heterocycles. The maximum atomic E-state index is 5.35. The van der Waals surface area contributed by atoms with E-state index in [2.05, 4.69) is 26.7 Å². The van der Waals surface area contributed by atoms with Crippen molar-refractivity contribution in [2.75, 3.05) is 7.05 Å². The van der Waals surface area contributed by atoms with Crippen molar-refractivity contribution < 1.29 is 0 Å². The van der Waals surface area contributed by atoms with E-state index in [1.54, 1.807) is 0 Å². The maximum absolute atomic E-state index is 5.35. The summed E-state index contributed by atoms with van der Waals surface area (Å²) in [4.78, 5) is 0. The molecule has 1 rings (SSSR count). The van der Waals surface area contributed by atoms with Crippen LogP contribution in [0, 0.1) is 0 Å². The summed E-state index contributed by atoms with van der Waals surface area (Å²) in [6.45, 7) is 0. The van der Waals surface area contributed by atoms with E-state index in [-0.39, 0.29) is 6.17 Å². The molecule has 66 valence electrons. The molecule has 0 bridgehead atoms. The van der Waals surface area contributed by atoms with Gasteiger partial charge < -0.3 is 5.32 Å². The number of nitrogens with two attached hydrogens (primary N) is 1. The molecule has 1 aromatic rings. The van der Waals surface area contributed by atoms with Crippen LogP contribution in [0.2, 0.25) is 0 Å². The van der Waals surface area contributed by atoms with Gasteiger partial charge in [0.15, 0.2) is 0 Å². The van der Waals surface area contributed by atoms with Crippen molar-refractivity contribution in [3.8, 4) is 0 Å². The summed E-state index contributed by atoms with van der Waals surface area (Å²) >= 11 is 3.44. The molecule has 4 N–H and O–H groups in total. The minimum absolute atomic E-state index is 0.0134. The molecule has 0 aliphatic rings. The van der Waals surface area contributed by atoms with Crippen LogP contribution in [-0.2, 0) is 0 Å². The lowest BCUT2D eigenvalue weighted by Crippen LogP contribution is -2.36. The number of hydrazine groups is 1. The molecular weight excluding hydrogens is 218 g/mol. The van der Waals surface area contributed by atoms with Gasteiger partial charge in [-0.05, 0) is 18.7 Å². The second-order valence-corrected chi connectivity index (χ2v) is 3.26. The number of hydrogen-bond donors (Lipinski definition) is 3. The Morgan fingerprint density at radius 2 is 2.08 bits per heavy atom. The molecule has 0 heterocycles. The zero-order valence-electron chi connectivity index (χ0n) is 6.84. The number of benzene rings is 1. The molecule has 1 unspecified atom stereocenters. The predicted molar refractivity (Wildman–Crippen MR) is 53.3 cm³/mol.